The Morgan fingerprint density at radius 1 is 0.800 bits per heavy atom. The van der Waals surface area contributed by atoms with E-state index in [9.17, 15) is 0 Å². The van der Waals surface area contributed by atoms with Crippen LogP contribution in [0.3, 0.4) is 0 Å². The first-order valence-corrected chi connectivity index (χ1v) is 7.83. The smallest absolute Gasteiger partial charge is 0.0403 e. The second kappa shape index (κ2) is 16.5. The number of hydrogen-bond acceptors (Lipinski definition) is 2. The Kier molecular flexibility index (Phi) is 17.8. The summed E-state index contributed by atoms with van der Waals surface area (Å²) in [5.74, 6) is 0. The van der Waals surface area contributed by atoms with Gasteiger partial charge in [0.15, 0.2) is 0 Å². The average Bonchev–Trinajstić information content (AvgIpc) is 2.42. The van der Waals surface area contributed by atoms with Crippen molar-refractivity contribution in [2.45, 2.75) is 77.6 Å². The largest absolute Gasteiger partial charge is 0.344 e. The zero-order valence-corrected chi connectivity index (χ0v) is 14.0. The van der Waals surface area contributed by atoms with E-state index < -0.39 is 0 Å². The summed E-state index contributed by atoms with van der Waals surface area (Å²) in [5, 5.41) is 0. The molecule has 1 aromatic rings. The molecule has 0 aromatic carbocycles. The van der Waals surface area contributed by atoms with E-state index in [1.807, 2.05) is 12.3 Å². The first-order valence-electron chi connectivity index (χ1n) is 7.83. The van der Waals surface area contributed by atoms with Crippen molar-refractivity contribution in [3.05, 3.63) is 30.1 Å². The number of pyridine rings is 1. The van der Waals surface area contributed by atoms with Crippen LogP contribution in [0.15, 0.2) is 24.4 Å². The number of halogens is 1. The molecule has 0 aliphatic heterocycles. The molecule has 2 nitrogen and oxygen atoms in total. The normalized spacial score (nSPS) is 9.65. The molecule has 0 aliphatic carbocycles. The molecule has 1 rings (SSSR count). The third-order valence-electron chi connectivity index (χ3n) is 3.51. The molecule has 0 amide bonds. The van der Waals surface area contributed by atoms with Gasteiger partial charge >= 0.3 is 0 Å². The maximum atomic E-state index is 4.35. The van der Waals surface area contributed by atoms with Crippen LogP contribution < -0.4 is 6.15 Å². The van der Waals surface area contributed by atoms with Crippen LogP contribution in [0.1, 0.15) is 76.8 Å². The Bertz CT molecular complexity index is 278. The van der Waals surface area contributed by atoms with E-state index in [2.05, 4.69) is 24.0 Å². The number of nitrogens with zero attached hydrogens (tertiary/aromatic N) is 1. The van der Waals surface area contributed by atoms with Gasteiger partial charge < -0.3 is 6.15 Å². The van der Waals surface area contributed by atoms with Gasteiger partial charge in [-0.25, -0.2) is 0 Å². The minimum Gasteiger partial charge on any atom is -0.344 e. The zero-order chi connectivity index (χ0) is 12.9. The molecule has 3 N–H and O–H groups in total. The molecule has 0 bridgehead atoms. The molecule has 0 aliphatic rings. The van der Waals surface area contributed by atoms with Gasteiger partial charge in [-0.3, -0.25) is 4.98 Å². The highest BCUT2D eigenvalue weighted by molar-refractivity contribution is 5.85. The predicted octanol–water partition coefficient (Wildman–Crippen LogP) is 6.13. The van der Waals surface area contributed by atoms with Crippen molar-refractivity contribution in [3.8, 4) is 0 Å². The number of rotatable bonds is 11. The predicted molar refractivity (Wildman–Crippen MR) is 92.1 cm³/mol. The van der Waals surface area contributed by atoms with Crippen molar-refractivity contribution >= 4 is 12.4 Å². The van der Waals surface area contributed by atoms with E-state index in [4.69, 9.17) is 0 Å². The highest BCUT2D eigenvalue weighted by Crippen LogP contribution is 2.11. The van der Waals surface area contributed by atoms with E-state index in [0.717, 1.165) is 6.42 Å². The van der Waals surface area contributed by atoms with Crippen LogP contribution in [0.2, 0.25) is 0 Å². The minimum absolute atomic E-state index is 0. The second-order valence-electron chi connectivity index (χ2n) is 5.25. The second-order valence-corrected chi connectivity index (χ2v) is 5.25. The van der Waals surface area contributed by atoms with Crippen molar-refractivity contribution in [2.75, 3.05) is 0 Å². The Labute approximate surface area is 131 Å². The van der Waals surface area contributed by atoms with Crippen LogP contribution in [0.4, 0.5) is 0 Å². The molecule has 0 unspecified atom stereocenters. The van der Waals surface area contributed by atoms with Crippen molar-refractivity contribution in [3.63, 3.8) is 0 Å². The van der Waals surface area contributed by atoms with Gasteiger partial charge in [-0.15, -0.1) is 12.4 Å². The Balaban J connectivity index is 0. The molecule has 1 aromatic heterocycles. The van der Waals surface area contributed by atoms with Crippen LogP contribution >= 0.6 is 12.4 Å². The first kappa shape index (κ1) is 21.7. The lowest BCUT2D eigenvalue weighted by molar-refractivity contribution is 0.555. The highest BCUT2D eigenvalue weighted by Gasteiger charge is 1.94. The SMILES string of the molecule is CCCCCCCCCCCCc1ccccn1.Cl.N. The molecule has 20 heavy (non-hydrogen) atoms. The number of hydrogen-bond donors (Lipinski definition) is 1. The van der Waals surface area contributed by atoms with E-state index >= 15 is 0 Å². The van der Waals surface area contributed by atoms with Crippen LogP contribution in [0, 0.1) is 0 Å². The summed E-state index contributed by atoms with van der Waals surface area (Å²) in [6, 6.07) is 6.20. The van der Waals surface area contributed by atoms with Gasteiger partial charge in [-0.2, -0.15) is 0 Å². The number of unbranched alkanes of at least 4 members (excludes halogenated alkanes) is 9. The molecule has 0 spiro atoms. The van der Waals surface area contributed by atoms with Crippen molar-refractivity contribution in [1.29, 1.82) is 0 Å². The number of aromatic nitrogens is 1. The van der Waals surface area contributed by atoms with Crippen LogP contribution in [0.25, 0.3) is 0 Å². The molecule has 1 heterocycles. The van der Waals surface area contributed by atoms with Crippen LogP contribution in [0.5, 0.6) is 0 Å². The third-order valence-corrected chi connectivity index (χ3v) is 3.51. The Hall–Kier alpha value is -0.600. The van der Waals surface area contributed by atoms with Crippen LogP contribution in [-0.2, 0) is 6.42 Å². The van der Waals surface area contributed by atoms with Gasteiger partial charge in [0.25, 0.3) is 0 Å². The van der Waals surface area contributed by atoms with E-state index in [-0.39, 0.29) is 18.6 Å². The third kappa shape index (κ3) is 12.4. The summed E-state index contributed by atoms with van der Waals surface area (Å²) < 4.78 is 0. The van der Waals surface area contributed by atoms with Gasteiger partial charge in [-0.05, 0) is 25.0 Å². The molecule has 0 fully saturated rings. The number of aryl methyl sites for hydroxylation is 1. The average molecular weight is 301 g/mol. The Morgan fingerprint density at radius 2 is 1.35 bits per heavy atom. The summed E-state index contributed by atoms with van der Waals surface area (Å²) in [7, 11) is 0. The maximum absolute atomic E-state index is 4.35. The van der Waals surface area contributed by atoms with Crippen molar-refractivity contribution in [1.82, 2.24) is 11.1 Å². The van der Waals surface area contributed by atoms with Gasteiger partial charge in [0.05, 0.1) is 0 Å². The van der Waals surface area contributed by atoms with Gasteiger partial charge in [-0.1, -0.05) is 70.8 Å². The summed E-state index contributed by atoms with van der Waals surface area (Å²) >= 11 is 0. The lowest BCUT2D eigenvalue weighted by Gasteiger charge is -2.02. The zero-order valence-electron chi connectivity index (χ0n) is 13.2. The topological polar surface area (TPSA) is 47.9 Å². The lowest BCUT2D eigenvalue weighted by Crippen LogP contribution is -1.89. The van der Waals surface area contributed by atoms with Crippen LogP contribution in [-0.4, -0.2) is 4.98 Å². The van der Waals surface area contributed by atoms with Crippen molar-refractivity contribution in [2.24, 2.45) is 0 Å². The fraction of sp³-hybridized carbons (Fsp3) is 0.706. The van der Waals surface area contributed by atoms with Gasteiger partial charge in [0, 0.05) is 11.9 Å². The van der Waals surface area contributed by atoms with E-state index in [1.165, 1.54) is 69.9 Å². The standard InChI is InChI=1S/C17H29N.ClH.H3N/c1-2-3-4-5-6-7-8-9-10-11-14-17-15-12-13-16-18-17;;/h12-13,15-16H,2-11,14H2,1H3;1H;1H3. The first-order chi connectivity index (χ1) is 8.93. The summed E-state index contributed by atoms with van der Waals surface area (Å²) in [6.45, 7) is 2.28. The molecule has 3 heteroatoms. The fourth-order valence-corrected chi connectivity index (χ4v) is 2.34. The highest BCUT2D eigenvalue weighted by atomic mass is 35.5. The molecule has 118 valence electrons. The molecule has 0 saturated carbocycles. The summed E-state index contributed by atoms with van der Waals surface area (Å²) in [6.07, 6.45) is 17.1. The molecule has 0 atom stereocenters. The van der Waals surface area contributed by atoms with Crippen molar-refractivity contribution < 1.29 is 0 Å². The lowest BCUT2D eigenvalue weighted by atomic mass is 10.1. The molecule has 0 radical (unpaired) electrons. The van der Waals surface area contributed by atoms with E-state index in [0.29, 0.717) is 0 Å². The quantitative estimate of drug-likeness (QED) is 0.500. The summed E-state index contributed by atoms with van der Waals surface area (Å²) in [5.41, 5.74) is 1.25. The molecular weight excluding hydrogens is 268 g/mol. The molecular formula is C17H33ClN2. The monoisotopic (exact) mass is 300 g/mol. The van der Waals surface area contributed by atoms with Gasteiger partial charge in [0.1, 0.15) is 0 Å². The van der Waals surface area contributed by atoms with Gasteiger partial charge in [0.2, 0.25) is 0 Å². The maximum Gasteiger partial charge on any atom is 0.0403 e. The molecule has 0 saturated heterocycles. The minimum atomic E-state index is 0. The summed E-state index contributed by atoms with van der Waals surface area (Å²) in [4.78, 5) is 4.35. The van der Waals surface area contributed by atoms with E-state index in [1.54, 1.807) is 0 Å². The fourth-order valence-electron chi connectivity index (χ4n) is 2.34. The Morgan fingerprint density at radius 3 is 1.85 bits per heavy atom.